The molecule has 1 aliphatic rings. The summed E-state index contributed by atoms with van der Waals surface area (Å²) in [6, 6.07) is 3.95. The molecule has 0 spiro atoms. The van der Waals surface area contributed by atoms with Gasteiger partial charge in [-0.2, -0.15) is 0 Å². The van der Waals surface area contributed by atoms with Gasteiger partial charge in [-0.15, -0.1) is 0 Å². The average molecular weight is 434 g/mol. The van der Waals surface area contributed by atoms with Crippen molar-refractivity contribution in [2.24, 2.45) is 7.05 Å². The fourth-order valence-corrected chi connectivity index (χ4v) is 3.29. The molecule has 2 aromatic heterocycles. The maximum atomic E-state index is 12.5. The van der Waals surface area contributed by atoms with Crippen LogP contribution in [-0.2, 0) is 34.3 Å². The normalized spacial score (nSPS) is 13.6. The number of hydrogen-bond acceptors (Lipinski definition) is 6. The number of hydrogen-bond donors (Lipinski definition) is 2. The van der Waals surface area contributed by atoms with Crippen LogP contribution in [0.1, 0.15) is 24.2 Å². The molecular formula is C21H31N5O5. The molecule has 31 heavy (non-hydrogen) atoms. The molecular weight excluding hydrogens is 402 g/mol. The summed E-state index contributed by atoms with van der Waals surface area (Å²) >= 11 is 0. The zero-order valence-corrected chi connectivity index (χ0v) is 17.8. The highest BCUT2D eigenvalue weighted by Gasteiger charge is 2.19. The van der Waals surface area contributed by atoms with Crippen molar-refractivity contribution in [2.75, 3.05) is 32.7 Å². The Morgan fingerprint density at radius 2 is 1.84 bits per heavy atom. The molecule has 0 radical (unpaired) electrons. The largest absolute Gasteiger partial charge is 0.483 e. The molecule has 0 atom stereocenters. The third-order valence-electron chi connectivity index (χ3n) is 4.86. The minimum Gasteiger partial charge on any atom is -0.483 e. The van der Waals surface area contributed by atoms with Gasteiger partial charge in [0.25, 0.3) is 12.9 Å². The number of aryl methyl sites for hydroxylation is 2. The summed E-state index contributed by atoms with van der Waals surface area (Å²) < 4.78 is 2.08. The highest BCUT2D eigenvalue weighted by molar-refractivity contribution is 5.76. The smallest absolute Gasteiger partial charge is 0.290 e. The van der Waals surface area contributed by atoms with Crippen LogP contribution in [0.2, 0.25) is 0 Å². The molecule has 0 aromatic carbocycles. The van der Waals surface area contributed by atoms with Crippen LogP contribution in [0, 0.1) is 0 Å². The van der Waals surface area contributed by atoms with E-state index >= 15 is 0 Å². The molecule has 1 aliphatic heterocycles. The highest BCUT2D eigenvalue weighted by atomic mass is 16.3. The molecule has 1 fully saturated rings. The lowest BCUT2D eigenvalue weighted by Crippen LogP contribution is -2.35. The predicted octanol–water partition coefficient (Wildman–Crippen LogP) is 0.926. The van der Waals surface area contributed by atoms with Gasteiger partial charge in [0, 0.05) is 70.9 Å². The second-order valence-corrected chi connectivity index (χ2v) is 6.85. The van der Waals surface area contributed by atoms with E-state index in [2.05, 4.69) is 19.4 Å². The van der Waals surface area contributed by atoms with Gasteiger partial charge in [0.15, 0.2) is 0 Å². The van der Waals surface area contributed by atoms with Crippen LogP contribution >= 0.6 is 0 Å². The average Bonchev–Trinajstić information content (AvgIpc) is 3.03. The van der Waals surface area contributed by atoms with Crippen molar-refractivity contribution in [3.63, 3.8) is 0 Å². The second kappa shape index (κ2) is 15.6. The van der Waals surface area contributed by atoms with Crippen molar-refractivity contribution in [3.05, 3.63) is 48.3 Å². The number of nitrogens with zero attached hydrogens (tertiary/aromatic N) is 5. The Hall–Kier alpha value is -3.27. The van der Waals surface area contributed by atoms with Crippen LogP contribution in [0.3, 0.4) is 0 Å². The van der Waals surface area contributed by atoms with Crippen molar-refractivity contribution in [3.8, 4) is 0 Å². The van der Waals surface area contributed by atoms with E-state index in [0.29, 0.717) is 6.42 Å². The molecule has 0 aliphatic carbocycles. The van der Waals surface area contributed by atoms with Gasteiger partial charge < -0.3 is 24.6 Å². The molecule has 0 unspecified atom stereocenters. The van der Waals surface area contributed by atoms with Gasteiger partial charge in [-0.1, -0.05) is 6.07 Å². The van der Waals surface area contributed by atoms with Crippen molar-refractivity contribution >= 4 is 18.9 Å². The van der Waals surface area contributed by atoms with Gasteiger partial charge in [-0.3, -0.25) is 19.4 Å². The molecule has 170 valence electrons. The zero-order valence-electron chi connectivity index (χ0n) is 17.8. The molecule has 3 heterocycles. The monoisotopic (exact) mass is 433 g/mol. The second-order valence-electron chi connectivity index (χ2n) is 6.85. The number of carboxylic acid groups (broad SMARTS) is 2. The molecule has 1 amide bonds. The van der Waals surface area contributed by atoms with Crippen molar-refractivity contribution in [1.29, 1.82) is 0 Å². The number of carbonyl (C=O) groups is 3. The van der Waals surface area contributed by atoms with Gasteiger partial charge in [0.05, 0.1) is 0 Å². The summed E-state index contributed by atoms with van der Waals surface area (Å²) in [6.45, 7) is 4.19. The first kappa shape index (κ1) is 25.8. The Balaban J connectivity index is 0.000000720. The minimum absolute atomic E-state index is 0.250. The number of imidazole rings is 1. The summed E-state index contributed by atoms with van der Waals surface area (Å²) in [5, 5.41) is 13.8. The van der Waals surface area contributed by atoms with Crippen molar-refractivity contribution in [2.45, 2.75) is 25.7 Å². The topological polar surface area (TPSA) is 129 Å². The summed E-state index contributed by atoms with van der Waals surface area (Å²) in [6.07, 6.45) is 10.8. The molecule has 2 N–H and O–H groups in total. The first-order valence-corrected chi connectivity index (χ1v) is 10.1. The molecule has 10 nitrogen and oxygen atoms in total. The molecule has 2 aromatic rings. The van der Waals surface area contributed by atoms with Gasteiger partial charge in [-0.25, -0.2) is 4.98 Å². The van der Waals surface area contributed by atoms with E-state index < -0.39 is 0 Å². The zero-order chi connectivity index (χ0) is 22.9. The fraction of sp³-hybridized carbons (Fsp3) is 0.476. The van der Waals surface area contributed by atoms with Crippen LogP contribution in [-0.4, -0.2) is 86.1 Å². The van der Waals surface area contributed by atoms with E-state index in [4.69, 9.17) is 19.8 Å². The Labute approximate surface area is 182 Å². The maximum Gasteiger partial charge on any atom is 0.290 e. The van der Waals surface area contributed by atoms with E-state index in [9.17, 15) is 4.79 Å². The van der Waals surface area contributed by atoms with E-state index in [-0.39, 0.29) is 18.9 Å². The van der Waals surface area contributed by atoms with Gasteiger partial charge in [0.2, 0.25) is 5.91 Å². The van der Waals surface area contributed by atoms with E-state index in [0.717, 1.165) is 63.4 Å². The lowest BCUT2D eigenvalue weighted by atomic mass is 10.1. The predicted molar refractivity (Wildman–Crippen MR) is 114 cm³/mol. The Kier molecular flexibility index (Phi) is 12.9. The molecule has 3 rings (SSSR count). The van der Waals surface area contributed by atoms with E-state index in [1.165, 1.54) is 0 Å². The first-order valence-electron chi connectivity index (χ1n) is 10.1. The lowest BCUT2D eigenvalue weighted by molar-refractivity contribution is -0.131. The summed E-state index contributed by atoms with van der Waals surface area (Å²) in [5.41, 5.74) is 1.13. The number of pyridine rings is 1. The Bertz CT molecular complexity index is 763. The van der Waals surface area contributed by atoms with Gasteiger partial charge in [0.1, 0.15) is 5.82 Å². The summed E-state index contributed by atoms with van der Waals surface area (Å²) in [5.74, 6) is 1.38. The maximum absolute atomic E-state index is 12.5. The fourth-order valence-electron chi connectivity index (χ4n) is 3.29. The molecule has 1 saturated heterocycles. The van der Waals surface area contributed by atoms with Crippen LogP contribution in [0.25, 0.3) is 0 Å². The number of aromatic nitrogens is 3. The number of carbonyl (C=O) groups excluding carboxylic acids is 1. The number of rotatable bonds is 6. The van der Waals surface area contributed by atoms with Crippen LogP contribution in [0.5, 0.6) is 0 Å². The third kappa shape index (κ3) is 10.4. The van der Waals surface area contributed by atoms with E-state index in [1.54, 1.807) is 6.20 Å². The van der Waals surface area contributed by atoms with Crippen LogP contribution in [0.15, 0.2) is 36.9 Å². The van der Waals surface area contributed by atoms with E-state index in [1.807, 2.05) is 42.7 Å². The third-order valence-corrected chi connectivity index (χ3v) is 4.86. The standard InChI is InChI=1S/C19H27N5O.2CH2O2/c1-22-13-9-21-18(22)7-12-23-10-3-11-24(15-14-23)19(25)6-5-17-4-2-8-20-16-17;2*2-1-3/h2,4,8-9,13,16H,3,5-7,10-12,14-15H2,1H3;2*1H,(H,2,3). The van der Waals surface area contributed by atoms with Crippen molar-refractivity contribution < 1.29 is 24.6 Å². The summed E-state index contributed by atoms with van der Waals surface area (Å²) in [7, 11) is 2.04. The number of amides is 1. The first-order chi connectivity index (χ1) is 15.0. The Morgan fingerprint density at radius 3 is 2.45 bits per heavy atom. The Morgan fingerprint density at radius 1 is 1.10 bits per heavy atom. The van der Waals surface area contributed by atoms with Gasteiger partial charge in [-0.05, 0) is 31.0 Å². The van der Waals surface area contributed by atoms with Gasteiger partial charge >= 0.3 is 0 Å². The minimum atomic E-state index is -0.250. The molecule has 0 saturated carbocycles. The van der Waals surface area contributed by atoms with Crippen molar-refractivity contribution in [1.82, 2.24) is 24.3 Å². The SMILES string of the molecule is Cn1ccnc1CCN1CCCN(C(=O)CCc2cccnc2)CC1.O=CO.O=CO. The van der Waals surface area contributed by atoms with Crippen LogP contribution in [0.4, 0.5) is 0 Å². The highest BCUT2D eigenvalue weighted by Crippen LogP contribution is 2.09. The molecule has 0 bridgehead atoms. The lowest BCUT2D eigenvalue weighted by Gasteiger charge is -2.22. The summed E-state index contributed by atoms with van der Waals surface area (Å²) in [4.78, 5) is 42.2. The van der Waals surface area contributed by atoms with Crippen LogP contribution < -0.4 is 0 Å². The molecule has 10 heteroatoms. The quantitative estimate of drug-likeness (QED) is 0.644.